The van der Waals surface area contributed by atoms with Crippen LogP contribution in [0.1, 0.15) is 28.8 Å². The van der Waals surface area contributed by atoms with Gasteiger partial charge in [0.1, 0.15) is 0 Å². The molecule has 0 N–H and O–H groups in total. The Labute approximate surface area is 317 Å². The molecule has 11 rings (SSSR count). The number of nitrogens with zero attached hydrogens (tertiary/aromatic N) is 5. The molecule has 0 bridgehead atoms. The van der Waals surface area contributed by atoms with E-state index in [4.69, 9.17) is 0 Å². The van der Waals surface area contributed by atoms with Crippen LogP contribution in [0.2, 0.25) is 0 Å². The molecule has 55 heavy (non-hydrogen) atoms. The average Bonchev–Trinajstić information content (AvgIpc) is 3.89. The van der Waals surface area contributed by atoms with Crippen LogP contribution in [0.5, 0.6) is 0 Å². The average molecular weight is 702 g/mol. The summed E-state index contributed by atoms with van der Waals surface area (Å²) in [6, 6.07) is 57.6. The van der Waals surface area contributed by atoms with Gasteiger partial charge in [0.2, 0.25) is 0 Å². The minimum atomic E-state index is 0.554. The van der Waals surface area contributed by atoms with Crippen molar-refractivity contribution in [2.24, 2.45) is 0 Å². The Bertz CT molecular complexity index is 3280. The van der Waals surface area contributed by atoms with Crippen LogP contribution in [-0.2, 0) is 6.42 Å². The predicted octanol–water partition coefficient (Wildman–Crippen LogP) is 12.2. The van der Waals surface area contributed by atoms with Crippen LogP contribution in [0, 0.1) is 22.7 Å². The summed E-state index contributed by atoms with van der Waals surface area (Å²) in [6.07, 6.45) is 6.48. The quantitative estimate of drug-likeness (QED) is 0.183. The number of para-hydroxylation sites is 4. The van der Waals surface area contributed by atoms with Crippen LogP contribution in [0.15, 0.2) is 158 Å². The number of aryl methyl sites for hydroxylation is 1. The molecule has 1 aliphatic carbocycles. The largest absolute Gasteiger partial charge is 0.310 e. The summed E-state index contributed by atoms with van der Waals surface area (Å²) in [7, 11) is 0. The summed E-state index contributed by atoms with van der Waals surface area (Å²) < 4.78 is 6.98. The third-order valence-electron chi connectivity index (χ3n) is 11.3. The van der Waals surface area contributed by atoms with Crippen molar-refractivity contribution < 1.29 is 0 Å². The van der Waals surface area contributed by atoms with E-state index >= 15 is 0 Å². The van der Waals surface area contributed by atoms with Gasteiger partial charge in [-0.2, -0.15) is 10.5 Å². The van der Waals surface area contributed by atoms with E-state index in [1.54, 1.807) is 0 Å². The van der Waals surface area contributed by atoms with Crippen molar-refractivity contribution in [2.45, 2.75) is 12.8 Å². The first kappa shape index (κ1) is 31.0. The first-order valence-corrected chi connectivity index (χ1v) is 18.6. The van der Waals surface area contributed by atoms with E-state index in [2.05, 4.69) is 165 Å². The Balaban J connectivity index is 1.20. The number of fused-ring (bicyclic) bond motifs is 10. The number of allylic oxidation sites excluding steroid dienone is 1. The molecule has 0 amide bonds. The smallest absolute Gasteiger partial charge is 0.0992 e. The molecule has 0 radical (unpaired) electrons. The molecule has 0 aliphatic heterocycles. The molecule has 5 heteroatoms. The van der Waals surface area contributed by atoms with E-state index in [-0.39, 0.29) is 0 Å². The molecule has 0 spiro atoms. The second kappa shape index (κ2) is 12.0. The van der Waals surface area contributed by atoms with Gasteiger partial charge in [-0.3, -0.25) is 0 Å². The molecule has 1 aliphatic rings. The zero-order valence-corrected chi connectivity index (χ0v) is 29.7. The van der Waals surface area contributed by atoms with Gasteiger partial charge in [-0.15, -0.1) is 0 Å². The van der Waals surface area contributed by atoms with Crippen molar-refractivity contribution in [1.82, 2.24) is 13.7 Å². The first-order valence-electron chi connectivity index (χ1n) is 18.6. The highest BCUT2D eigenvalue weighted by Gasteiger charge is 2.25. The fourth-order valence-corrected chi connectivity index (χ4v) is 9.04. The normalized spacial score (nSPS) is 12.5. The Morgan fingerprint density at radius 3 is 1.62 bits per heavy atom. The van der Waals surface area contributed by atoms with Gasteiger partial charge in [-0.05, 0) is 108 Å². The maximum Gasteiger partial charge on any atom is 0.0992 e. The Morgan fingerprint density at radius 1 is 0.455 bits per heavy atom. The van der Waals surface area contributed by atoms with E-state index < -0.39 is 0 Å². The van der Waals surface area contributed by atoms with Crippen LogP contribution in [0.25, 0.3) is 88.8 Å². The second-order valence-electron chi connectivity index (χ2n) is 14.3. The van der Waals surface area contributed by atoms with Crippen LogP contribution >= 0.6 is 0 Å². The molecular formula is C50H31N5. The molecule has 0 saturated heterocycles. The standard InChI is InChI=1S/C50H31N5/c51-30-32-24-34(28-37(26-32)54-44-18-8-4-14-39(44)40-15-5-9-19-45(40)54)35-25-33(31-52)27-38(29-35)55-46-20-10-6-16-41(46)42-22-23-48-49(50(42)55)43-17-7-11-21-47(43)53(48)36-12-2-1-3-13-36/h1-6,8-16,18-29H,7,17H2. The van der Waals surface area contributed by atoms with E-state index in [9.17, 15) is 10.5 Å². The molecule has 256 valence electrons. The monoisotopic (exact) mass is 701 g/mol. The van der Waals surface area contributed by atoms with Gasteiger partial charge in [0, 0.05) is 49.7 Å². The maximum absolute atomic E-state index is 10.5. The molecular weight excluding hydrogens is 671 g/mol. The lowest BCUT2D eigenvalue weighted by atomic mass is 9.98. The highest BCUT2D eigenvalue weighted by molar-refractivity contribution is 6.20. The highest BCUT2D eigenvalue weighted by atomic mass is 15.0. The number of nitriles is 2. The topological polar surface area (TPSA) is 62.4 Å². The second-order valence-corrected chi connectivity index (χ2v) is 14.3. The van der Waals surface area contributed by atoms with Crippen LogP contribution in [0.3, 0.4) is 0 Å². The van der Waals surface area contributed by atoms with Crippen molar-refractivity contribution in [3.05, 3.63) is 180 Å². The van der Waals surface area contributed by atoms with Crippen molar-refractivity contribution >= 4 is 60.6 Å². The Morgan fingerprint density at radius 2 is 1.00 bits per heavy atom. The molecule has 0 saturated carbocycles. The van der Waals surface area contributed by atoms with Gasteiger partial charge in [0.05, 0.1) is 50.8 Å². The lowest BCUT2D eigenvalue weighted by Crippen LogP contribution is -1.99. The summed E-state index contributed by atoms with van der Waals surface area (Å²) in [5.74, 6) is 0. The SMILES string of the molecule is N#Cc1cc(-c2cc(C#N)cc(-n3c4ccccc4c4ccc5c(c6c(n5-c5ccccc5)C=CCC6)c43)c2)cc(-n2c3ccccc3c3ccccc32)c1. The molecule has 0 unspecified atom stereocenters. The third-order valence-corrected chi connectivity index (χ3v) is 11.3. The van der Waals surface area contributed by atoms with Crippen molar-refractivity contribution in [2.75, 3.05) is 0 Å². The van der Waals surface area contributed by atoms with Gasteiger partial charge in [-0.25, -0.2) is 0 Å². The van der Waals surface area contributed by atoms with Gasteiger partial charge >= 0.3 is 0 Å². The highest BCUT2D eigenvalue weighted by Crippen LogP contribution is 2.43. The van der Waals surface area contributed by atoms with Gasteiger partial charge in [0.15, 0.2) is 0 Å². The van der Waals surface area contributed by atoms with E-state index in [0.717, 1.165) is 84.8 Å². The lowest BCUT2D eigenvalue weighted by Gasteiger charge is -2.15. The summed E-state index contributed by atoms with van der Waals surface area (Å²) in [4.78, 5) is 0. The first-order chi connectivity index (χ1) is 27.2. The van der Waals surface area contributed by atoms with E-state index in [1.807, 2.05) is 24.3 Å². The number of benzene rings is 7. The molecule has 0 fully saturated rings. The number of hydrogen-bond donors (Lipinski definition) is 0. The lowest BCUT2D eigenvalue weighted by molar-refractivity contribution is 0.967. The molecule has 7 aromatic carbocycles. The molecule has 0 atom stereocenters. The van der Waals surface area contributed by atoms with E-state index in [1.165, 1.54) is 22.0 Å². The minimum Gasteiger partial charge on any atom is -0.310 e. The fraction of sp³-hybridized carbons (Fsp3) is 0.0400. The molecule has 10 aromatic rings. The van der Waals surface area contributed by atoms with E-state index in [0.29, 0.717) is 11.1 Å². The van der Waals surface area contributed by atoms with Crippen LogP contribution in [0.4, 0.5) is 0 Å². The number of hydrogen-bond acceptors (Lipinski definition) is 2. The van der Waals surface area contributed by atoms with Gasteiger partial charge in [0.25, 0.3) is 0 Å². The van der Waals surface area contributed by atoms with Crippen molar-refractivity contribution in [1.29, 1.82) is 10.5 Å². The van der Waals surface area contributed by atoms with Crippen LogP contribution < -0.4 is 0 Å². The third kappa shape index (κ3) is 4.57. The molecule has 5 nitrogen and oxygen atoms in total. The zero-order chi connectivity index (χ0) is 36.6. The Kier molecular flexibility index (Phi) is 6.74. The van der Waals surface area contributed by atoms with Crippen molar-refractivity contribution in [3.8, 4) is 40.3 Å². The molecule has 3 heterocycles. The predicted molar refractivity (Wildman–Crippen MR) is 224 cm³/mol. The zero-order valence-electron chi connectivity index (χ0n) is 29.7. The number of aromatic nitrogens is 3. The summed E-state index contributed by atoms with van der Waals surface area (Å²) in [6.45, 7) is 0. The van der Waals surface area contributed by atoms with Gasteiger partial charge < -0.3 is 13.7 Å². The summed E-state index contributed by atoms with van der Waals surface area (Å²) in [5, 5.41) is 26.8. The van der Waals surface area contributed by atoms with Gasteiger partial charge in [-0.1, -0.05) is 84.9 Å². The molecule has 3 aromatic heterocycles. The Hall–Kier alpha value is -7.60. The summed E-state index contributed by atoms with van der Waals surface area (Å²) >= 11 is 0. The maximum atomic E-state index is 10.5. The summed E-state index contributed by atoms with van der Waals surface area (Å²) in [5.41, 5.74) is 13.9. The number of rotatable bonds is 4. The van der Waals surface area contributed by atoms with Crippen LogP contribution in [-0.4, -0.2) is 13.7 Å². The minimum absolute atomic E-state index is 0.554. The van der Waals surface area contributed by atoms with Crippen molar-refractivity contribution in [3.63, 3.8) is 0 Å². The fourth-order valence-electron chi connectivity index (χ4n) is 9.04.